The van der Waals surface area contributed by atoms with Crippen LogP contribution in [0, 0.1) is 0 Å². The van der Waals surface area contributed by atoms with Crippen molar-refractivity contribution in [3.05, 3.63) is 0 Å². The normalized spacial score (nSPS) is 15.8. The van der Waals surface area contributed by atoms with Crippen LogP contribution in [0.5, 0.6) is 0 Å². The minimum Gasteiger partial charge on any atom is -0.394 e. The van der Waals surface area contributed by atoms with Gasteiger partial charge in [0.05, 0.1) is 13.2 Å². The van der Waals surface area contributed by atoms with E-state index in [1.54, 1.807) is 0 Å². The van der Waals surface area contributed by atoms with Crippen LogP contribution in [0.3, 0.4) is 0 Å². The highest BCUT2D eigenvalue weighted by Gasteiger charge is 2.29. The second kappa shape index (κ2) is 12.2. The number of ketones is 1. The maximum absolute atomic E-state index is 11.5. The summed E-state index contributed by atoms with van der Waals surface area (Å²) < 4.78 is 0. The number of Topliss-reactive ketones (excluding diaryl/α,β-unsaturated/α-hetero) is 1. The zero-order valence-electron chi connectivity index (χ0n) is 12.3. The standard InChI is InChI=1S/C14H29NO5/c1-2-3-4-5-6-7-8-15-9-11(17)13(19)14(20)12(18)10-16/h12-16,18-20H,2-10H2,1H3/t12-,13-,14-/m1/s1. The molecule has 0 aromatic rings. The molecule has 0 amide bonds. The summed E-state index contributed by atoms with van der Waals surface area (Å²) in [4.78, 5) is 11.5. The maximum Gasteiger partial charge on any atom is 0.177 e. The fourth-order valence-corrected chi connectivity index (χ4v) is 1.86. The molecule has 0 heterocycles. The first-order valence-electron chi connectivity index (χ1n) is 7.43. The average molecular weight is 291 g/mol. The number of hydrogen-bond acceptors (Lipinski definition) is 6. The summed E-state index contributed by atoms with van der Waals surface area (Å²) in [5, 5.41) is 39.5. The molecule has 0 saturated carbocycles. The molecule has 0 spiro atoms. The van der Waals surface area contributed by atoms with Crippen LogP contribution in [-0.4, -0.2) is 64.2 Å². The van der Waals surface area contributed by atoms with Gasteiger partial charge in [-0.25, -0.2) is 0 Å². The molecular formula is C14H29NO5. The molecule has 5 N–H and O–H groups in total. The van der Waals surface area contributed by atoms with Crippen molar-refractivity contribution in [1.82, 2.24) is 5.32 Å². The monoisotopic (exact) mass is 291 g/mol. The van der Waals surface area contributed by atoms with Gasteiger partial charge in [-0.1, -0.05) is 39.0 Å². The van der Waals surface area contributed by atoms with Crippen molar-refractivity contribution in [2.75, 3.05) is 19.7 Å². The molecule has 0 fully saturated rings. The Hall–Kier alpha value is -0.530. The third-order valence-electron chi connectivity index (χ3n) is 3.24. The number of carbonyl (C=O) groups is 1. The van der Waals surface area contributed by atoms with Gasteiger partial charge in [-0.2, -0.15) is 0 Å². The first-order chi connectivity index (χ1) is 9.54. The summed E-state index contributed by atoms with van der Waals surface area (Å²) in [5.41, 5.74) is 0. The number of rotatable bonds is 13. The summed E-state index contributed by atoms with van der Waals surface area (Å²) in [6.45, 7) is 2.10. The number of unbranched alkanes of at least 4 members (excludes halogenated alkanes) is 5. The molecule has 0 aliphatic rings. The molecule has 0 bridgehead atoms. The minimum atomic E-state index is -1.67. The van der Waals surface area contributed by atoms with Gasteiger partial charge in [-0.15, -0.1) is 0 Å². The van der Waals surface area contributed by atoms with Crippen LogP contribution in [0.15, 0.2) is 0 Å². The van der Waals surface area contributed by atoms with Gasteiger partial charge in [-0.05, 0) is 13.0 Å². The van der Waals surface area contributed by atoms with E-state index in [0.29, 0.717) is 6.54 Å². The van der Waals surface area contributed by atoms with Gasteiger partial charge >= 0.3 is 0 Å². The van der Waals surface area contributed by atoms with E-state index in [-0.39, 0.29) is 6.54 Å². The lowest BCUT2D eigenvalue weighted by atomic mass is 10.0. The fraction of sp³-hybridized carbons (Fsp3) is 0.929. The molecule has 0 aliphatic carbocycles. The fourth-order valence-electron chi connectivity index (χ4n) is 1.86. The van der Waals surface area contributed by atoms with Crippen LogP contribution >= 0.6 is 0 Å². The highest BCUT2D eigenvalue weighted by Crippen LogP contribution is 2.04. The zero-order valence-corrected chi connectivity index (χ0v) is 12.3. The molecule has 0 rings (SSSR count). The van der Waals surface area contributed by atoms with E-state index in [4.69, 9.17) is 10.2 Å². The van der Waals surface area contributed by atoms with Crippen molar-refractivity contribution in [3.63, 3.8) is 0 Å². The van der Waals surface area contributed by atoms with Gasteiger partial charge < -0.3 is 25.7 Å². The number of nitrogens with one attached hydrogen (secondary N) is 1. The molecule has 20 heavy (non-hydrogen) atoms. The smallest absolute Gasteiger partial charge is 0.177 e. The van der Waals surface area contributed by atoms with Crippen molar-refractivity contribution < 1.29 is 25.2 Å². The molecule has 0 unspecified atom stereocenters. The van der Waals surface area contributed by atoms with E-state index in [0.717, 1.165) is 12.8 Å². The maximum atomic E-state index is 11.5. The average Bonchev–Trinajstić information content (AvgIpc) is 2.47. The van der Waals surface area contributed by atoms with Crippen molar-refractivity contribution >= 4 is 5.78 Å². The summed E-state index contributed by atoms with van der Waals surface area (Å²) in [5.74, 6) is -0.587. The van der Waals surface area contributed by atoms with Crippen molar-refractivity contribution in [2.45, 2.75) is 63.8 Å². The van der Waals surface area contributed by atoms with Crippen LogP contribution in [0.4, 0.5) is 0 Å². The Labute approximate surface area is 120 Å². The summed E-state index contributed by atoms with van der Waals surface area (Å²) >= 11 is 0. The van der Waals surface area contributed by atoms with E-state index >= 15 is 0 Å². The molecule has 120 valence electrons. The van der Waals surface area contributed by atoms with Crippen molar-refractivity contribution in [2.24, 2.45) is 0 Å². The van der Waals surface area contributed by atoms with Crippen LogP contribution in [0.25, 0.3) is 0 Å². The largest absolute Gasteiger partial charge is 0.394 e. The molecule has 0 radical (unpaired) electrons. The molecule has 6 heteroatoms. The number of aliphatic hydroxyl groups is 4. The van der Waals surface area contributed by atoms with Crippen LogP contribution in [-0.2, 0) is 4.79 Å². The molecule has 0 saturated heterocycles. The second-order valence-electron chi connectivity index (χ2n) is 5.10. The van der Waals surface area contributed by atoms with Gasteiger partial charge in [0, 0.05) is 0 Å². The lowest BCUT2D eigenvalue weighted by Gasteiger charge is -2.20. The van der Waals surface area contributed by atoms with Gasteiger partial charge in [0.15, 0.2) is 5.78 Å². The Balaban J connectivity index is 3.62. The van der Waals surface area contributed by atoms with E-state index in [2.05, 4.69) is 12.2 Å². The minimum absolute atomic E-state index is 0.0503. The zero-order chi connectivity index (χ0) is 15.4. The molecule has 0 aliphatic heterocycles. The predicted molar refractivity (Wildman–Crippen MR) is 76.4 cm³/mol. The van der Waals surface area contributed by atoms with Gasteiger partial charge in [0.2, 0.25) is 0 Å². The van der Waals surface area contributed by atoms with E-state index in [1.165, 1.54) is 25.7 Å². The summed E-state index contributed by atoms with van der Waals surface area (Å²) in [7, 11) is 0. The molecule has 0 aromatic heterocycles. The van der Waals surface area contributed by atoms with Gasteiger partial charge in [0.1, 0.15) is 18.3 Å². The lowest BCUT2D eigenvalue weighted by molar-refractivity contribution is -0.139. The van der Waals surface area contributed by atoms with Crippen LogP contribution in [0.2, 0.25) is 0 Å². The topological polar surface area (TPSA) is 110 Å². The quantitative estimate of drug-likeness (QED) is 0.295. The van der Waals surface area contributed by atoms with Crippen molar-refractivity contribution in [1.29, 1.82) is 0 Å². The first-order valence-corrected chi connectivity index (χ1v) is 7.43. The Kier molecular flexibility index (Phi) is 11.9. The number of carbonyl (C=O) groups excluding carboxylic acids is 1. The molecule has 0 aromatic carbocycles. The Morgan fingerprint density at radius 1 is 1.05 bits per heavy atom. The Morgan fingerprint density at radius 3 is 2.25 bits per heavy atom. The lowest BCUT2D eigenvalue weighted by Crippen LogP contribution is -2.46. The highest BCUT2D eigenvalue weighted by atomic mass is 16.4. The van der Waals surface area contributed by atoms with Gasteiger partial charge in [0.25, 0.3) is 0 Å². The highest BCUT2D eigenvalue weighted by molar-refractivity contribution is 5.85. The SMILES string of the molecule is CCCCCCCCNCC(=O)[C@@H](O)[C@H](O)[C@H](O)CO. The van der Waals surface area contributed by atoms with E-state index < -0.39 is 30.7 Å². The van der Waals surface area contributed by atoms with E-state index in [1.807, 2.05) is 0 Å². The Bertz CT molecular complexity index is 250. The Morgan fingerprint density at radius 2 is 1.65 bits per heavy atom. The number of hydrogen-bond donors (Lipinski definition) is 5. The molecular weight excluding hydrogens is 262 g/mol. The molecule has 3 atom stereocenters. The third kappa shape index (κ3) is 8.60. The summed E-state index contributed by atoms with van der Waals surface area (Å²) in [6, 6.07) is 0. The third-order valence-corrected chi connectivity index (χ3v) is 3.24. The van der Waals surface area contributed by atoms with Gasteiger partial charge in [-0.3, -0.25) is 4.79 Å². The predicted octanol–water partition coefficient (Wildman–Crippen LogP) is -0.419. The van der Waals surface area contributed by atoms with Crippen molar-refractivity contribution in [3.8, 4) is 0 Å². The molecule has 6 nitrogen and oxygen atoms in total. The second-order valence-corrected chi connectivity index (χ2v) is 5.10. The van der Waals surface area contributed by atoms with E-state index in [9.17, 15) is 15.0 Å². The van der Waals surface area contributed by atoms with Crippen LogP contribution in [0.1, 0.15) is 45.4 Å². The number of aliphatic hydroxyl groups excluding tert-OH is 4. The first kappa shape index (κ1) is 19.5. The van der Waals surface area contributed by atoms with Crippen LogP contribution < -0.4 is 5.32 Å². The summed E-state index contributed by atoms with van der Waals surface area (Å²) in [6.07, 6.45) is 2.14.